The summed E-state index contributed by atoms with van der Waals surface area (Å²) < 4.78 is 0. The summed E-state index contributed by atoms with van der Waals surface area (Å²) in [7, 11) is 0. The van der Waals surface area contributed by atoms with Crippen molar-refractivity contribution in [3.8, 4) is 0 Å². The highest BCUT2D eigenvalue weighted by molar-refractivity contribution is 6.04. The molecule has 1 aliphatic rings. The van der Waals surface area contributed by atoms with E-state index in [0.717, 1.165) is 28.2 Å². The van der Waals surface area contributed by atoms with Crippen LogP contribution in [0.3, 0.4) is 0 Å². The van der Waals surface area contributed by atoms with Crippen LogP contribution in [0, 0.1) is 0 Å². The summed E-state index contributed by atoms with van der Waals surface area (Å²) in [6, 6.07) is 15.1. The number of Topliss-reactive ketones (excluding diaryl/α,β-unsaturated/α-hetero) is 1. The number of ketones is 1. The predicted octanol–water partition coefficient (Wildman–Crippen LogP) is 3.79. The molecule has 0 unspecified atom stereocenters. The Kier molecular flexibility index (Phi) is 7.39. The Labute approximate surface area is 198 Å². The maximum atomic E-state index is 12.5. The average Bonchev–Trinajstić information content (AvgIpc) is 3.25. The highest BCUT2D eigenvalue weighted by Crippen LogP contribution is 2.17. The van der Waals surface area contributed by atoms with Crippen LogP contribution in [-0.4, -0.2) is 38.2 Å². The van der Waals surface area contributed by atoms with Gasteiger partial charge in [0.15, 0.2) is 0 Å². The lowest BCUT2D eigenvalue weighted by molar-refractivity contribution is -0.117. The molecular formula is C26H28N6O2. The van der Waals surface area contributed by atoms with E-state index in [-0.39, 0.29) is 12.4 Å². The van der Waals surface area contributed by atoms with Gasteiger partial charge in [-0.1, -0.05) is 43.3 Å². The van der Waals surface area contributed by atoms with Crippen LogP contribution < -0.4 is 10.6 Å². The van der Waals surface area contributed by atoms with Gasteiger partial charge in [-0.05, 0) is 47.4 Å². The molecule has 4 rings (SSSR count). The zero-order valence-electron chi connectivity index (χ0n) is 19.4. The van der Waals surface area contributed by atoms with Crippen molar-refractivity contribution < 1.29 is 9.90 Å². The normalized spacial score (nSPS) is 12.8. The molecule has 0 bridgehead atoms. The number of aliphatic hydroxyl groups is 1. The first-order valence-corrected chi connectivity index (χ1v) is 11.3. The highest BCUT2D eigenvalue weighted by Gasteiger charge is 2.11. The number of hydrogen-bond donors (Lipinski definition) is 3. The third-order valence-corrected chi connectivity index (χ3v) is 5.34. The van der Waals surface area contributed by atoms with Crippen molar-refractivity contribution in [2.24, 2.45) is 4.99 Å². The number of amidine groups is 1. The fourth-order valence-electron chi connectivity index (χ4n) is 3.53. The standard InChI is InChI=1S/C26H28N6O2/c1-3-23-29-25(32-26(30-23)31-24-12-17(2)15-27-24)28-21-10-8-19(9-11-21)14-22(34)13-18-4-6-20(16-33)7-5-18/h4-12,33H,3,13-16H2,1-2H3,(H2,27,28,29,30,31,32). The Bertz CT molecular complexity index is 1220. The number of benzene rings is 2. The van der Waals surface area contributed by atoms with Gasteiger partial charge in [0.05, 0.1) is 13.2 Å². The van der Waals surface area contributed by atoms with Gasteiger partial charge >= 0.3 is 0 Å². The van der Waals surface area contributed by atoms with Crippen LogP contribution in [0.15, 0.2) is 65.2 Å². The number of anilines is 3. The molecule has 1 aliphatic heterocycles. The van der Waals surface area contributed by atoms with Crippen molar-refractivity contribution in [1.82, 2.24) is 15.0 Å². The first-order valence-electron chi connectivity index (χ1n) is 11.3. The summed E-state index contributed by atoms with van der Waals surface area (Å²) in [6.07, 6.45) is 3.38. The Hall–Kier alpha value is -3.91. The Morgan fingerprint density at radius 2 is 1.47 bits per heavy atom. The van der Waals surface area contributed by atoms with E-state index in [0.29, 0.717) is 43.5 Å². The van der Waals surface area contributed by atoms with Crippen molar-refractivity contribution in [2.45, 2.75) is 39.7 Å². The summed E-state index contributed by atoms with van der Waals surface area (Å²) in [5, 5.41) is 15.5. The Morgan fingerprint density at radius 1 is 0.882 bits per heavy atom. The number of aromatic nitrogens is 3. The number of nitrogens with zero attached hydrogens (tertiary/aromatic N) is 4. The second kappa shape index (κ2) is 10.8. The molecule has 2 aromatic carbocycles. The fraction of sp³-hybridized carbons (Fsp3) is 0.269. The smallest absolute Gasteiger partial charge is 0.233 e. The number of carbonyl (C=O) groups is 1. The molecule has 3 aromatic rings. The molecule has 3 N–H and O–H groups in total. The number of nitrogens with one attached hydrogen (secondary N) is 2. The first kappa shape index (κ1) is 23.3. The predicted molar refractivity (Wildman–Crippen MR) is 133 cm³/mol. The zero-order valence-corrected chi connectivity index (χ0v) is 19.4. The largest absolute Gasteiger partial charge is 0.392 e. The minimum Gasteiger partial charge on any atom is -0.392 e. The van der Waals surface area contributed by atoms with Crippen molar-refractivity contribution in [3.05, 3.63) is 82.7 Å². The van der Waals surface area contributed by atoms with E-state index in [1.807, 2.05) is 68.5 Å². The van der Waals surface area contributed by atoms with Gasteiger partial charge < -0.3 is 15.7 Å². The lowest BCUT2D eigenvalue weighted by Crippen LogP contribution is -2.13. The van der Waals surface area contributed by atoms with E-state index in [9.17, 15) is 4.79 Å². The van der Waals surface area contributed by atoms with Gasteiger partial charge in [-0.2, -0.15) is 15.0 Å². The van der Waals surface area contributed by atoms with E-state index in [1.54, 1.807) is 0 Å². The molecule has 174 valence electrons. The van der Waals surface area contributed by atoms with Gasteiger partial charge in [0.1, 0.15) is 17.4 Å². The van der Waals surface area contributed by atoms with Gasteiger partial charge in [0, 0.05) is 24.9 Å². The maximum Gasteiger partial charge on any atom is 0.233 e. The minimum atomic E-state index is 0.00304. The molecule has 0 saturated carbocycles. The van der Waals surface area contributed by atoms with E-state index in [1.165, 1.54) is 5.57 Å². The van der Waals surface area contributed by atoms with Crippen LogP contribution in [0.4, 0.5) is 17.6 Å². The van der Waals surface area contributed by atoms with Gasteiger partial charge in [0.2, 0.25) is 11.9 Å². The summed E-state index contributed by atoms with van der Waals surface area (Å²) >= 11 is 0. The number of aryl methyl sites for hydroxylation is 1. The van der Waals surface area contributed by atoms with Crippen LogP contribution in [0.2, 0.25) is 0 Å². The highest BCUT2D eigenvalue weighted by atomic mass is 16.3. The quantitative estimate of drug-likeness (QED) is 0.449. The maximum absolute atomic E-state index is 12.5. The van der Waals surface area contributed by atoms with Crippen LogP contribution in [0.5, 0.6) is 0 Å². The summed E-state index contributed by atoms with van der Waals surface area (Å²) in [4.78, 5) is 30.3. The Balaban J connectivity index is 1.38. The molecule has 8 nitrogen and oxygen atoms in total. The van der Waals surface area contributed by atoms with E-state index < -0.39 is 0 Å². The van der Waals surface area contributed by atoms with Crippen molar-refractivity contribution >= 4 is 29.2 Å². The van der Waals surface area contributed by atoms with E-state index in [2.05, 4.69) is 30.6 Å². The molecule has 1 aromatic heterocycles. The molecule has 0 amide bonds. The number of aliphatic imine (C=N–C) groups is 1. The molecule has 0 aliphatic carbocycles. The van der Waals surface area contributed by atoms with Crippen LogP contribution in [-0.2, 0) is 30.7 Å². The fourth-order valence-corrected chi connectivity index (χ4v) is 3.53. The second-order valence-corrected chi connectivity index (χ2v) is 8.26. The molecular weight excluding hydrogens is 428 g/mol. The first-order chi connectivity index (χ1) is 16.5. The zero-order chi connectivity index (χ0) is 23.9. The SMILES string of the molecule is CCc1nc(NC2=NCC(C)=C2)nc(Nc2ccc(CC(=O)Cc3ccc(CO)cc3)cc2)n1. The summed E-state index contributed by atoms with van der Waals surface area (Å²) in [5.74, 6) is 2.46. The third-order valence-electron chi connectivity index (χ3n) is 5.34. The van der Waals surface area contributed by atoms with E-state index in [4.69, 9.17) is 5.11 Å². The third kappa shape index (κ3) is 6.32. The summed E-state index contributed by atoms with van der Waals surface area (Å²) in [5.41, 5.74) is 4.73. The minimum absolute atomic E-state index is 0.00304. The molecule has 0 spiro atoms. The number of carbonyl (C=O) groups excluding carboxylic acids is 1. The molecule has 0 fully saturated rings. The van der Waals surface area contributed by atoms with Gasteiger partial charge in [-0.15, -0.1) is 0 Å². The number of rotatable bonds is 9. The molecule has 2 heterocycles. The summed E-state index contributed by atoms with van der Waals surface area (Å²) in [6.45, 7) is 4.71. The van der Waals surface area contributed by atoms with Crippen molar-refractivity contribution in [3.63, 3.8) is 0 Å². The number of aliphatic hydroxyl groups excluding tert-OH is 1. The van der Waals surface area contributed by atoms with Crippen molar-refractivity contribution in [2.75, 3.05) is 17.2 Å². The monoisotopic (exact) mass is 456 g/mol. The lowest BCUT2D eigenvalue weighted by atomic mass is 10.0. The molecule has 0 atom stereocenters. The Morgan fingerprint density at radius 3 is 2.03 bits per heavy atom. The van der Waals surface area contributed by atoms with E-state index >= 15 is 0 Å². The van der Waals surface area contributed by atoms with Crippen LogP contribution in [0.25, 0.3) is 0 Å². The molecule has 0 radical (unpaired) electrons. The molecule has 34 heavy (non-hydrogen) atoms. The van der Waals surface area contributed by atoms with Gasteiger partial charge in [-0.25, -0.2) is 0 Å². The second-order valence-electron chi connectivity index (χ2n) is 8.26. The van der Waals surface area contributed by atoms with Gasteiger partial charge in [-0.3, -0.25) is 9.79 Å². The average molecular weight is 457 g/mol. The topological polar surface area (TPSA) is 112 Å². The molecule has 0 saturated heterocycles. The molecule has 8 heteroatoms. The lowest BCUT2D eigenvalue weighted by Gasteiger charge is -2.10. The van der Waals surface area contributed by atoms with Gasteiger partial charge in [0.25, 0.3) is 0 Å². The number of hydrogen-bond acceptors (Lipinski definition) is 8. The van der Waals surface area contributed by atoms with Crippen molar-refractivity contribution in [1.29, 1.82) is 0 Å². The van der Waals surface area contributed by atoms with Crippen LogP contribution in [0.1, 0.15) is 36.4 Å². The van der Waals surface area contributed by atoms with Crippen LogP contribution >= 0.6 is 0 Å².